The first-order valence-corrected chi connectivity index (χ1v) is 7.32. The molecule has 4 aromatic rings. The van der Waals surface area contributed by atoms with Crippen LogP contribution >= 0.6 is 0 Å². The highest BCUT2D eigenvalue weighted by atomic mass is 14.7. The van der Waals surface area contributed by atoms with E-state index >= 15 is 0 Å². The van der Waals surface area contributed by atoms with Gasteiger partial charge in [0.1, 0.15) is 5.69 Å². The fourth-order valence-corrected chi connectivity index (χ4v) is 2.50. The molecule has 3 nitrogen and oxygen atoms in total. The zero-order valence-electron chi connectivity index (χ0n) is 12.3. The minimum Gasteiger partial charge on any atom is -0.399 e. The number of fused-ring (bicyclic) bond motifs is 3. The van der Waals surface area contributed by atoms with Crippen molar-refractivity contribution in [2.75, 3.05) is 5.73 Å². The minimum absolute atomic E-state index is 0.729. The maximum absolute atomic E-state index is 5.68. The highest BCUT2D eigenvalue weighted by molar-refractivity contribution is 6.02. The molecule has 0 saturated carbocycles. The summed E-state index contributed by atoms with van der Waals surface area (Å²) in [7, 11) is 0. The monoisotopic (exact) mass is 295 g/mol. The number of nitrogens with zero attached hydrogens (tertiary/aromatic N) is 2. The standard InChI is InChI=1S/C20H13N3/c21-17-9-3-14(4-10-17)5-11-18-12-8-16-7-6-15-2-1-13-22-19(15)20(16)23-18/h1-4,6-10,12-13H,21H2. The Morgan fingerprint density at radius 2 is 1.48 bits per heavy atom. The van der Waals surface area contributed by atoms with E-state index in [1.807, 2.05) is 48.5 Å². The number of hydrogen-bond acceptors (Lipinski definition) is 3. The second-order valence-electron chi connectivity index (χ2n) is 5.28. The number of hydrogen-bond donors (Lipinski definition) is 1. The maximum atomic E-state index is 5.68. The predicted octanol–water partition coefficient (Wildman–Crippen LogP) is 3.77. The van der Waals surface area contributed by atoms with Crippen molar-refractivity contribution < 1.29 is 0 Å². The largest absolute Gasteiger partial charge is 0.399 e. The van der Waals surface area contributed by atoms with Gasteiger partial charge >= 0.3 is 0 Å². The molecular formula is C20H13N3. The van der Waals surface area contributed by atoms with Crippen LogP contribution < -0.4 is 5.73 Å². The van der Waals surface area contributed by atoms with E-state index in [0.29, 0.717) is 0 Å². The quantitative estimate of drug-likeness (QED) is 0.305. The average molecular weight is 295 g/mol. The molecule has 0 aliphatic heterocycles. The summed E-state index contributed by atoms with van der Waals surface area (Å²) in [5, 5.41) is 2.14. The molecule has 0 amide bonds. The Labute approximate surface area is 133 Å². The third kappa shape index (κ3) is 2.58. The summed E-state index contributed by atoms with van der Waals surface area (Å²) >= 11 is 0. The molecule has 4 rings (SSSR count). The van der Waals surface area contributed by atoms with Gasteiger partial charge in [0.2, 0.25) is 0 Å². The summed E-state index contributed by atoms with van der Waals surface area (Å²) in [5.74, 6) is 6.22. The van der Waals surface area contributed by atoms with Crippen LogP contribution in [0.4, 0.5) is 5.69 Å². The Kier molecular flexibility index (Phi) is 3.14. The van der Waals surface area contributed by atoms with Gasteiger partial charge in [-0.15, -0.1) is 0 Å². The Hall–Kier alpha value is -3.38. The molecule has 2 heterocycles. The normalized spacial score (nSPS) is 10.4. The van der Waals surface area contributed by atoms with Crippen molar-refractivity contribution in [3.05, 3.63) is 78.1 Å². The second-order valence-corrected chi connectivity index (χ2v) is 5.28. The lowest BCUT2D eigenvalue weighted by atomic mass is 10.1. The third-order valence-electron chi connectivity index (χ3n) is 3.68. The van der Waals surface area contributed by atoms with Crippen molar-refractivity contribution in [3.63, 3.8) is 0 Å². The van der Waals surface area contributed by atoms with Gasteiger partial charge in [-0.25, -0.2) is 4.98 Å². The van der Waals surface area contributed by atoms with E-state index in [0.717, 1.165) is 38.8 Å². The van der Waals surface area contributed by atoms with Gasteiger partial charge in [-0.2, -0.15) is 0 Å². The van der Waals surface area contributed by atoms with Crippen LogP contribution in [0.2, 0.25) is 0 Å². The fourth-order valence-electron chi connectivity index (χ4n) is 2.50. The van der Waals surface area contributed by atoms with Crippen molar-refractivity contribution in [3.8, 4) is 11.8 Å². The maximum Gasteiger partial charge on any atom is 0.114 e. The molecule has 0 saturated heterocycles. The van der Waals surface area contributed by atoms with Crippen molar-refractivity contribution in [2.45, 2.75) is 0 Å². The van der Waals surface area contributed by atoms with Crippen LogP contribution in [-0.4, -0.2) is 9.97 Å². The van der Waals surface area contributed by atoms with Gasteiger partial charge in [-0.05, 0) is 48.4 Å². The molecule has 0 fully saturated rings. The molecule has 0 bridgehead atoms. The third-order valence-corrected chi connectivity index (χ3v) is 3.68. The number of rotatable bonds is 0. The van der Waals surface area contributed by atoms with Gasteiger partial charge in [-0.3, -0.25) is 4.98 Å². The number of pyridine rings is 2. The van der Waals surface area contributed by atoms with E-state index in [1.165, 1.54) is 0 Å². The molecule has 23 heavy (non-hydrogen) atoms. The van der Waals surface area contributed by atoms with E-state index in [9.17, 15) is 0 Å². The first kappa shape index (κ1) is 13.3. The molecule has 108 valence electrons. The lowest BCUT2D eigenvalue weighted by Gasteiger charge is -2.02. The van der Waals surface area contributed by atoms with Gasteiger partial charge in [-0.1, -0.05) is 24.1 Å². The second kappa shape index (κ2) is 5.43. The van der Waals surface area contributed by atoms with Gasteiger partial charge < -0.3 is 5.73 Å². The van der Waals surface area contributed by atoms with Crippen LogP contribution in [0.3, 0.4) is 0 Å². The number of nitrogens with two attached hydrogens (primary N) is 1. The molecule has 0 aliphatic carbocycles. The van der Waals surface area contributed by atoms with Crippen LogP contribution in [0.25, 0.3) is 21.8 Å². The Bertz CT molecular complexity index is 1070. The van der Waals surface area contributed by atoms with E-state index in [4.69, 9.17) is 5.73 Å². The van der Waals surface area contributed by atoms with Gasteiger partial charge in [0.25, 0.3) is 0 Å². The van der Waals surface area contributed by atoms with Crippen molar-refractivity contribution in [1.82, 2.24) is 9.97 Å². The first-order valence-electron chi connectivity index (χ1n) is 7.32. The first-order chi connectivity index (χ1) is 11.3. The number of anilines is 1. The molecule has 3 heteroatoms. The molecule has 0 spiro atoms. The molecule has 2 aromatic carbocycles. The van der Waals surface area contributed by atoms with Crippen molar-refractivity contribution in [2.24, 2.45) is 0 Å². The fraction of sp³-hybridized carbons (Fsp3) is 0. The molecule has 0 radical (unpaired) electrons. The highest BCUT2D eigenvalue weighted by Gasteiger charge is 2.03. The van der Waals surface area contributed by atoms with Crippen molar-refractivity contribution in [1.29, 1.82) is 0 Å². The van der Waals surface area contributed by atoms with Crippen LogP contribution in [0.1, 0.15) is 11.3 Å². The van der Waals surface area contributed by atoms with Crippen LogP contribution in [0, 0.1) is 11.8 Å². The summed E-state index contributed by atoms with van der Waals surface area (Å²) in [6, 6.07) is 19.5. The van der Waals surface area contributed by atoms with E-state index in [2.05, 4.69) is 33.9 Å². The summed E-state index contributed by atoms with van der Waals surface area (Å²) in [4.78, 5) is 9.13. The van der Waals surface area contributed by atoms with Crippen LogP contribution in [0.15, 0.2) is 66.9 Å². The zero-order chi connectivity index (χ0) is 15.6. The Morgan fingerprint density at radius 1 is 0.739 bits per heavy atom. The number of nitrogen functional groups attached to an aromatic ring is 1. The topological polar surface area (TPSA) is 51.8 Å². The van der Waals surface area contributed by atoms with Crippen LogP contribution in [0.5, 0.6) is 0 Å². The summed E-state index contributed by atoms with van der Waals surface area (Å²) in [6.45, 7) is 0. The smallest absolute Gasteiger partial charge is 0.114 e. The molecule has 0 unspecified atom stereocenters. The lowest BCUT2D eigenvalue weighted by molar-refractivity contribution is 1.34. The average Bonchev–Trinajstić information content (AvgIpc) is 2.61. The van der Waals surface area contributed by atoms with E-state index in [-0.39, 0.29) is 0 Å². The summed E-state index contributed by atoms with van der Waals surface area (Å²) in [6.07, 6.45) is 1.79. The summed E-state index contributed by atoms with van der Waals surface area (Å²) in [5.41, 5.74) is 9.84. The molecule has 0 aliphatic rings. The molecule has 2 aromatic heterocycles. The highest BCUT2D eigenvalue weighted by Crippen LogP contribution is 2.21. The number of benzene rings is 2. The van der Waals surface area contributed by atoms with E-state index < -0.39 is 0 Å². The zero-order valence-corrected chi connectivity index (χ0v) is 12.3. The van der Waals surface area contributed by atoms with Gasteiger partial charge in [0.15, 0.2) is 0 Å². The lowest BCUT2D eigenvalue weighted by Crippen LogP contribution is -1.88. The van der Waals surface area contributed by atoms with Crippen LogP contribution in [-0.2, 0) is 0 Å². The van der Waals surface area contributed by atoms with Gasteiger partial charge in [0, 0.05) is 28.2 Å². The molecular weight excluding hydrogens is 282 g/mol. The number of aromatic nitrogens is 2. The molecule has 2 N–H and O–H groups in total. The SMILES string of the molecule is Nc1ccc(C#Cc2ccc3ccc4cccnc4c3n2)cc1. The summed E-state index contributed by atoms with van der Waals surface area (Å²) < 4.78 is 0. The molecule has 0 atom stereocenters. The predicted molar refractivity (Wildman–Crippen MR) is 93.9 cm³/mol. The van der Waals surface area contributed by atoms with Crippen molar-refractivity contribution >= 4 is 27.5 Å². The van der Waals surface area contributed by atoms with E-state index in [1.54, 1.807) is 6.20 Å². The minimum atomic E-state index is 0.729. The van der Waals surface area contributed by atoms with Gasteiger partial charge in [0.05, 0.1) is 11.0 Å². The Morgan fingerprint density at radius 3 is 2.30 bits per heavy atom. The Balaban J connectivity index is 1.82.